The first-order valence-electron chi connectivity index (χ1n) is 12.7. The van der Waals surface area contributed by atoms with E-state index >= 15 is 0 Å². The van der Waals surface area contributed by atoms with Crippen molar-refractivity contribution in [3.63, 3.8) is 0 Å². The number of nitrogens with one attached hydrogen (secondary N) is 1. The number of aromatic nitrogens is 3. The lowest BCUT2D eigenvalue weighted by atomic mass is 9.89. The van der Waals surface area contributed by atoms with Gasteiger partial charge in [0.25, 0.3) is 5.91 Å². The second-order valence-corrected chi connectivity index (χ2v) is 9.59. The third-order valence-corrected chi connectivity index (χ3v) is 7.27. The number of carbonyl (C=O) groups excluding carboxylic acids is 2. The highest BCUT2D eigenvalue weighted by atomic mass is 16.2. The lowest BCUT2D eigenvalue weighted by Crippen LogP contribution is -2.40. The molecule has 0 bridgehead atoms. The molecule has 1 fully saturated rings. The number of nitrogens with zero attached hydrogens (tertiary/aromatic N) is 4. The van der Waals surface area contributed by atoms with E-state index in [-0.39, 0.29) is 30.2 Å². The number of piperidine rings is 1. The highest BCUT2D eigenvalue weighted by Gasteiger charge is 2.33. The highest BCUT2D eigenvalue weighted by molar-refractivity contribution is 5.99. The van der Waals surface area contributed by atoms with Gasteiger partial charge in [-0.1, -0.05) is 48.5 Å². The van der Waals surface area contributed by atoms with E-state index in [4.69, 9.17) is 4.98 Å². The van der Waals surface area contributed by atoms with Crippen molar-refractivity contribution < 1.29 is 9.59 Å². The molecule has 2 unspecified atom stereocenters. The fraction of sp³-hybridized carbons (Fsp3) is 0.233. The molecule has 184 valence electrons. The minimum atomic E-state index is -0.284. The summed E-state index contributed by atoms with van der Waals surface area (Å²) in [5.74, 6) is 0.686. The van der Waals surface area contributed by atoms with Gasteiger partial charge in [-0.25, -0.2) is 9.97 Å². The van der Waals surface area contributed by atoms with Crippen LogP contribution in [-0.2, 0) is 4.79 Å². The normalized spacial score (nSPS) is 18.8. The third kappa shape index (κ3) is 4.60. The molecule has 37 heavy (non-hydrogen) atoms. The van der Waals surface area contributed by atoms with Crippen LogP contribution in [0.5, 0.6) is 0 Å². The van der Waals surface area contributed by atoms with Crippen LogP contribution < -0.4 is 5.32 Å². The molecule has 4 aromatic rings. The molecule has 2 aliphatic rings. The van der Waals surface area contributed by atoms with Gasteiger partial charge in [-0.05, 0) is 42.2 Å². The molecule has 0 spiro atoms. The maximum Gasteiger partial charge on any atom is 0.252 e. The predicted octanol–water partition coefficient (Wildman–Crippen LogP) is 4.79. The Morgan fingerprint density at radius 2 is 1.73 bits per heavy atom. The van der Waals surface area contributed by atoms with Crippen LogP contribution >= 0.6 is 0 Å². The summed E-state index contributed by atoms with van der Waals surface area (Å²) in [4.78, 5) is 41.5. The number of benzene rings is 2. The van der Waals surface area contributed by atoms with E-state index in [2.05, 4.69) is 27.4 Å². The predicted molar refractivity (Wildman–Crippen MR) is 141 cm³/mol. The van der Waals surface area contributed by atoms with E-state index in [1.807, 2.05) is 65.7 Å². The maximum absolute atomic E-state index is 13.4. The lowest BCUT2D eigenvalue weighted by Gasteiger charge is -2.34. The Balaban J connectivity index is 1.28. The van der Waals surface area contributed by atoms with E-state index < -0.39 is 0 Å². The number of amides is 2. The van der Waals surface area contributed by atoms with E-state index in [1.54, 1.807) is 12.4 Å². The molecule has 0 saturated carbocycles. The molecule has 7 heteroatoms. The Hall–Kier alpha value is -4.39. The summed E-state index contributed by atoms with van der Waals surface area (Å²) in [7, 11) is 0. The number of rotatable bonds is 5. The highest BCUT2D eigenvalue weighted by Crippen LogP contribution is 2.35. The average molecular weight is 490 g/mol. The van der Waals surface area contributed by atoms with Crippen LogP contribution in [0.25, 0.3) is 22.5 Å². The van der Waals surface area contributed by atoms with Gasteiger partial charge in [0.2, 0.25) is 5.91 Å². The van der Waals surface area contributed by atoms with Gasteiger partial charge in [-0.15, -0.1) is 0 Å². The topological polar surface area (TPSA) is 88.1 Å². The summed E-state index contributed by atoms with van der Waals surface area (Å²) in [6.45, 7) is 1.30. The fourth-order valence-corrected chi connectivity index (χ4v) is 5.40. The molecule has 2 atom stereocenters. The molecule has 2 aromatic heterocycles. The van der Waals surface area contributed by atoms with Crippen molar-refractivity contribution in [2.45, 2.75) is 31.2 Å². The Labute approximate surface area is 215 Å². The molecular weight excluding hydrogens is 462 g/mol. The number of hydrogen-bond acceptors (Lipinski definition) is 5. The number of carbonyl (C=O) groups is 2. The number of hydrogen-bond donors (Lipinski definition) is 1. The zero-order valence-corrected chi connectivity index (χ0v) is 20.4. The van der Waals surface area contributed by atoms with Crippen LogP contribution in [0, 0.1) is 0 Å². The Bertz CT molecular complexity index is 1440. The van der Waals surface area contributed by atoms with Crippen LogP contribution in [0.2, 0.25) is 0 Å². The van der Waals surface area contributed by atoms with Crippen molar-refractivity contribution in [2.24, 2.45) is 0 Å². The standard InChI is InChI=1S/C30H27N5O2/c36-27(17-26-23-10-4-5-11-24(23)30(37)33-26)35-16-6-9-22(19-35)28-25(20-7-2-1-3-8-20)18-32-29(34-28)21-12-14-31-15-13-21/h1-5,7-8,10-15,18,22,26H,6,9,16-17,19H2,(H,33,37). The van der Waals surface area contributed by atoms with E-state index in [9.17, 15) is 9.59 Å². The molecule has 1 saturated heterocycles. The lowest BCUT2D eigenvalue weighted by molar-refractivity contribution is -0.132. The Morgan fingerprint density at radius 1 is 0.946 bits per heavy atom. The number of fused-ring (bicyclic) bond motifs is 1. The quantitative estimate of drug-likeness (QED) is 0.436. The van der Waals surface area contributed by atoms with Gasteiger partial charge in [-0.2, -0.15) is 0 Å². The monoisotopic (exact) mass is 489 g/mol. The fourth-order valence-electron chi connectivity index (χ4n) is 5.40. The second kappa shape index (κ2) is 9.93. The van der Waals surface area contributed by atoms with Crippen molar-refractivity contribution in [1.29, 1.82) is 0 Å². The van der Waals surface area contributed by atoms with Crippen molar-refractivity contribution in [1.82, 2.24) is 25.2 Å². The largest absolute Gasteiger partial charge is 0.345 e. The van der Waals surface area contributed by atoms with Gasteiger partial charge in [0.15, 0.2) is 5.82 Å². The molecule has 2 aliphatic heterocycles. The van der Waals surface area contributed by atoms with Crippen LogP contribution in [0.1, 0.15) is 52.8 Å². The van der Waals surface area contributed by atoms with Crippen LogP contribution in [0.15, 0.2) is 85.3 Å². The molecule has 4 heterocycles. The van der Waals surface area contributed by atoms with E-state index in [0.717, 1.165) is 40.8 Å². The number of pyridine rings is 1. The van der Waals surface area contributed by atoms with Crippen LogP contribution in [0.4, 0.5) is 0 Å². The van der Waals surface area contributed by atoms with Gasteiger partial charge < -0.3 is 10.2 Å². The van der Waals surface area contributed by atoms with Crippen molar-refractivity contribution in [3.05, 3.63) is 102 Å². The molecular formula is C30H27N5O2. The average Bonchev–Trinajstić information content (AvgIpc) is 3.28. The third-order valence-electron chi connectivity index (χ3n) is 7.27. The SMILES string of the molecule is O=C1NC(CC(=O)N2CCCC(c3nc(-c4ccncc4)ncc3-c3ccccc3)C2)c2ccccc21. The van der Waals surface area contributed by atoms with E-state index in [0.29, 0.717) is 24.5 Å². The molecule has 2 aromatic carbocycles. The van der Waals surface area contributed by atoms with Crippen molar-refractivity contribution >= 4 is 11.8 Å². The summed E-state index contributed by atoms with van der Waals surface area (Å²) in [5.41, 5.74) is 5.50. The summed E-state index contributed by atoms with van der Waals surface area (Å²) < 4.78 is 0. The summed E-state index contributed by atoms with van der Waals surface area (Å²) in [5, 5.41) is 2.98. The number of likely N-dealkylation sites (tertiary alicyclic amines) is 1. The molecule has 2 amide bonds. The minimum Gasteiger partial charge on any atom is -0.345 e. The molecule has 7 nitrogen and oxygen atoms in total. The van der Waals surface area contributed by atoms with Crippen molar-refractivity contribution in [2.75, 3.05) is 13.1 Å². The Kier molecular flexibility index (Phi) is 6.18. The van der Waals surface area contributed by atoms with Crippen LogP contribution in [-0.4, -0.2) is 44.8 Å². The summed E-state index contributed by atoms with van der Waals surface area (Å²) >= 11 is 0. The first kappa shape index (κ1) is 23.0. The molecule has 1 N–H and O–H groups in total. The molecule has 0 radical (unpaired) electrons. The summed E-state index contributed by atoms with van der Waals surface area (Å²) in [6.07, 6.45) is 7.48. The van der Waals surface area contributed by atoms with Gasteiger partial charge in [-0.3, -0.25) is 14.6 Å². The van der Waals surface area contributed by atoms with Gasteiger partial charge in [0.1, 0.15) is 0 Å². The van der Waals surface area contributed by atoms with Gasteiger partial charge in [0, 0.05) is 54.3 Å². The van der Waals surface area contributed by atoms with Crippen molar-refractivity contribution in [3.8, 4) is 22.5 Å². The first-order valence-corrected chi connectivity index (χ1v) is 12.7. The van der Waals surface area contributed by atoms with E-state index in [1.165, 1.54) is 0 Å². The van der Waals surface area contributed by atoms with Gasteiger partial charge >= 0.3 is 0 Å². The second-order valence-electron chi connectivity index (χ2n) is 9.59. The maximum atomic E-state index is 13.4. The van der Waals surface area contributed by atoms with Gasteiger partial charge in [0.05, 0.1) is 18.2 Å². The summed E-state index contributed by atoms with van der Waals surface area (Å²) in [6, 6.07) is 21.2. The molecule has 0 aliphatic carbocycles. The molecule has 6 rings (SSSR count). The minimum absolute atomic E-state index is 0.0522. The van der Waals surface area contributed by atoms with Crippen LogP contribution in [0.3, 0.4) is 0 Å². The smallest absolute Gasteiger partial charge is 0.252 e. The first-order chi connectivity index (χ1) is 18.2. The Morgan fingerprint density at radius 3 is 2.57 bits per heavy atom. The zero-order chi connectivity index (χ0) is 25.2. The zero-order valence-electron chi connectivity index (χ0n) is 20.4.